The smallest absolute Gasteiger partial charge is 0.224 e. The van der Waals surface area contributed by atoms with Crippen LogP contribution in [-0.4, -0.2) is 26.7 Å². The Labute approximate surface area is 82.0 Å². The Balaban J connectivity index is 2.38. The fourth-order valence-corrected chi connectivity index (χ4v) is 1.30. The molecule has 0 saturated heterocycles. The van der Waals surface area contributed by atoms with Gasteiger partial charge in [0.15, 0.2) is 5.65 Å². The summed E-state index contributed by atoms with van der Waals surface area (Å²) in [6.45, 7) is 4.95. The van der Waals surface area contributed by atoms with E-state index in [1.807, 2.05) is 6.92 Å². The maximum Gasteiger partial charge on any atom is 0.224 e. The molecule has 74 valence electrons. The van der Waals surface area contributed by atoms with E-state index in [2.05, 4.69) is 32.4 Å². The van der Waals surface area contributed by atoms with Crippen molar-refractivity contribution in [1.29, 1.82) is 0 Å². The molecular formula is C9H13N5. The summed E-state index contributed by atoms with van der Waals surface area (Å²) in [4.78, 5) is 8.62. The highest BCUT2D eigenvalue weighted by atomic mass is 15.2. The van der Waals surface area contributed by atoms with Gasteiger partial charge in [-0.15, -0.1) is 0 Å². The van der Waals surface area contributed by atoms with Crippen LogP contribution >= 0.6 is 0 Å². The first kappa shape index (κ1) is 8.93. The van der Waals surface area contributed by atoms with E-state index >= 15 is 0 Å². The van der Waals surface area contributed by atoms with Crippen LogP contribution in [0.2, 0.25) is 0 Å². The maximum atomic E-state index is 4.33. The van der Waals surface area contributed by atoms with Crippen LogP contribution in [-0.2, 0) is 0 Å². The Morgan fingerprint density at radius 1 is 1.43 bits per heavy atom. The Bertz CT molecular complexity index is 434. The Morgan fingerprint density at radius 3 is 3.07 bits per heavy atom. The first-order valence-corrected chi connectivity index (χ1v) is 4.73. The first-order chi connectivity index (χ1) is 6.81. The Morgan fingerprint density at radius 2 is 2.29 bits per heavy atom. The number of nitrogens with one attached hydrogen (secondary N) is 2. The summed E-state index contributed by atoms with van der Waals surface area (Å²) >= 11 is 0. The first-order valence-electron chi connectivity index (χ1n) is 4.73. The lowest BCUT2D eigenvalue weighted by atomic mass is 10.3. The van der Waals surface area contributed by atoms with Gasteiger partial charge in [-0.2, -0.15) is 10.1 Å². The quantitative estimate of drug-likeness (QED) is 0.771. The summed E-state index contributed by atoms with van der Waals surface area (Å²) in [5.74, 6) is 0.668. The molecule has 0 fully saturated rings. The fourth-order valence-electron chi connectivity index (χ4n) is 1.30. The van der Waals surface area contributed by atoms with Gasteiger partial charge in [0.25, 0.3) is 0 Å². The number of anilines is 1. The SMILES string of the molecule is CCCNc1nc(C)c2cn[nH]c2n1. The van der Waals surface area contributed by atoms with E-state index in [1.165, 1.54) is 0 Å². The minimum absolute atomic E-state index is 0.668. The van der Waals surface area contributed by atoms with Gasteiger partial charge in [0.2, 0.25) is 5.95 Å². The predicted octanol–water partition coefficient (Wildman–Crippen LogP) is 1.48. The van der Waals surface area contributed by atoms with Crippen LogP contribution in [0.1, 0.15) is 19.0 Å². The molecule has 5 nitrogen and oxygen atoms in total. The van der Waals surface area contributed by atoms with Crippen LogP contribution in [0.5, 0.6) is 0 Å². The summed E-state index contributed by atoms with van der Waals surface area (Å²) in [7, 11) is 0. The van der Waals surface area contributed by atoms with E-state index in [0.29, 0.717) is 5.95 Å². The zero-order valence-corrected chi connectivity index (χ0v) is 8.33. The van der Waals surface area contributed by atoms with Crippen molar-refractivity contribution in [2.24, 2.45) is 0 Å². The topological polar surface area (TPSA) is 66.5 Å². The van der Waals surface area contributed by atoms with Gasteiger partial charge in [-0.25, -0.2) is 4.98 Å². The van der Waals surface area contributed by atoms with E-state index in [1.54, 1.807) is 6.20 Å². The van der Waals surface area contributed by atoms with Crippen molar-refractivity contribution in [1.82, 2.24) is 20.2 Å². The second-order valence-corrected chi connectivity index (χ2v) is 3.19. The normalized spacial score (nSPS) is 10.7. The van der Waals surface area contributed by atoms with E-state index < -0.39 is 0 Å². The van der Waals surface area contributed by atoms with Crippen LogP contribution in [0.4, 0.5) is 5.95 Å². The molecule has 2 N–H and O–H groups in total. The van der Waals surface area contributed by atoms with E-state index in [4.69, 9.17) is 0 Å². The van der Waals surface area contributed by atoms with Gasteiger partial charge in [-0.3, -0.25) is 5.10 Å². The zero-order chi connectivity index (χ0) is 9.97. The molecule has 0 spiro atoms. The number of hydrogen-bond donors (Lipinski definition) is 2. The third-order valence-electron chi connectivity index (χ3n) is 2.03. The molecule has 0 radical (unpaired) electrons. The monoisotopic (exact) mass is 191 g/mol. The largest absolute Gasteiger partial charge is 0.354 e. The molecule has 5 heteroatoms. The van der Waals surface area contributed by atoms with Gasteiger partial charge in [0.1, 0.15) is 0 Å². The molecule has 0 aromatic carbocycles. The van der Waals surface area contributed by atoms with Gasteiger partial charge in [-0.1, -0.05) is 6.92 Å². The predicted molar refractivity (Wildman–Crippen MR) is 55.2 cm³/mol. The summed E-state index contributed by atoms with van der Waals surface area (Å²) in [6, 6.07) is 0. The summed E-state index contributed by atoms with van der Waals surface area (Å²) in [5.41, 5.74) is 1.73. The molecule has 0 atom stereocenters. The number of hydrogen-bond acceptors (Lipinski definition) is 4. The second kappa shape index (κ2) is 3.61. The molecule has 0 saturated carbocycles. The summed E-state index contributed by atoms with van der Waals surface area (Å²) in [5, 5.41) is 10.9. The minimum atomic E-state index is 0.668. The van der Waals surface area contributed by atoms with Crippen molar-refractivity contribution in [3.05, 3.63) is 11.9 Å². The highest BCUT2D eigenvalue weighted by Gasteiger charge is 2.04. The van der Waals surface area contributed by atoms with Gasteiger partial charge < -0.3 is 5.32 Å². The molecule has 0 aliphatic carbocycles. The lowest BCUT2D eigenvalue weighted by molar-refractivity contribution is 0.950. The van der Waals surface area contributed by atoms with Crippen molar-refractivity contribution >= 4 is 17.0 Å². The van der Waals surface area contributed by atoms with Gasteiger partial charge in [-0.05, 0) is 13.3 Å². The van der Waals surface area contributed by atoms with Crippen molar-refractivity contribution in [2.75, 3.05) is 11.9 Å². The van der Waals surface area contributed by atoms with Crippen LogP contribution in [0.25, 0.3) is 11.0 Å². The summed E-state index contributed by atoms with van der Waals surface area (Å²) in [6.07, 6.45) is 2.80. The molecule has 2 heterocycles. The fraction of sp³-hybridized carbons (Fsp3) is 0.444. The summed E-state index contributed by atoms with van der Waals surface area (Å²) < 4.78 is 0. The standard InChI is InChI=1S/C9H13N5/c1-3-4-10-9-12-6(2)7-5-11-14-8(7)13-9/h5H,3-4H2,1-2H3,(H2,10,11,12,13,14). The third kappa shape index (κ3) is 1.53. The molecule has 2 aromatic heterocycles. The molecular weight excluding hydrogens is 178 g/mol. The lowest BCUT2D eigenvalue weighted by Gasteiger charge is -2.03. The number of H-pyrrole nitrogens is 1. The average molecular weight is 191 g/mol. The molecule has 0 amide bonds. The number of aromatic nitrogens is 4. The van der Waals surface area contributed by atoms with Crippen LogP contribution < -0.4 is 5.32 Å². The maximum absolute atomic E-state index is 4.33. The Kier molecular flexibility index (Phi) is 2.30. The minimum Gasteiger partial charge on any atom is -0.354 e. The molecule has 0 unspecified atom stereocenters. The second-order valence-electron chi connectivity index (χ2n) is 3.19. The highest BCUT2D eigenvalue weighted by Crippen LogP contribution is 2.13. The van der Waals surface area contributed by atoms with Crippen LogP contribution in [0.15, 0.2) is 6.20 Å². The Hall–Kier alpha value is -1.65. The number of aryl methyl sites for hydroxylation is 1. The molecule has 2 aromatic rings. The number of aromatic amines is 1. The van der Waals surface area contributed by atoms with Crippen molar-refractivity contribution in [3.63, 3.8) is 0 Å². The third-order valence-corrected chi connectivity index (χ3v) is 2.03. The molecule has 0 aliphatic heterocycles. The zero-order valence-electron chi connectivity index (χ0n) is 8.33. The van der Waals surface area contributed by atoms with E-state index in [9.17, 15) is 0 Å². The molecule has 2 rings (SSSR count). The molecule has 14 heavy (non-hydrogen) atoms. The number of rotatable bonds is 3. The van der Waals surface area contributed by atoms with Gasteiger partial charge in [0.05, 0.1) is 17.3 Å². The van der Waals surface area contributed by atoms with Gasteiger partial charge >= 0.3 is 0 Å². The van der Waals surface area contributed by atoms with Crippen molar-refractivity contribution in [3.8, 4) is 0 Å². The number of fused-ring (bicyclic) bond motifs is 1. The van der Waals surface area contributed by atoms with Crippen LogP contribution in [0, 0.1) is 6.92 Å². The lowest BCUT2D eigenvalue weighted by Crippen LogP contribution is -2.05. The van der Waals surface area contributed by atoms with Crippen molar-refractivity contribution in [2.45, 2.75) is 20.3 Å². The van der Waals surface area contributed by atoms with E-state index in [0.717, 1.165) is 29.7 Å². The highest BCUT2D eigenvalue weighted by molar-refractivity contribution is 5.77. The average Bonchev–Trinajstić information content (AvgIpc) is 2.63. The molecule has 0 bridgehead atoms. The van der Waals surface area contributed by atoms with E-state index in [-0.39, 0.29) is 0 Å². The van der Waals surface area contributed by atoms with Gasteiger partial charge in [0, 0.05) is 6.54 Å². The molecule has 0 aliphatic rings. The van der Waals surface area contributed by atoms with Crippen molar-refractivity contribution < 1.29 is 0 Å². The van der Waals surface area contributed by atoms with Crippen LogP contribution in [0.3, 0.4) is 0 Å². The number of nitrogens with zero attached hydrogens (tertiary/aromatic N) is 3.